The van der Waals surface area contributed by atoms with Gasteiger partial charge in [-0.25, -0.2) is 0 Å². The molecular weight excluding hydrogens is 268 g/mol. The molecule has 0 radical (unpaired) electrons. The van der Waals surface area contributed by atoms with E-state index in [4.69, 9.17) is 10.5 Å². The highest BCUT2D eigenvalue weighted by Gasteiger charge is 2.09. The molecule has 1 aromatic carbocycles. The van der Waals surface area contributed by atoms with Crippen molar-refractivity contribution in [2.75, 3.05) is 25.9 Å². The smallest absolute Gasteiger partial charge is 0.244 e. The minimum absolute atomic E-state index is 0.00203. The molecule has 0 aliphatic rings. The zero-order valence-electron chi connectivity index (χ0n) is 12.1. The number of nitrogens with two attached hydrogens (primary N) is 1. The maximum atomic E-state index is 12.0. The zero-order valence-corrected chi connectivity index (χ0v) is 12.1. The van der Waals surface area contributed by atoms with Crippen LogP contribution >= 0.6 is 0 Å². The summed E-state index contributed by atoms with van der Waals surface area (Å²) in [6.07, 6.45) is 2.47. The number of benzene rings is 1. The van der Waals surface area contributed by atoms with Gasteiger partial charge in [-0.1, -0.05) is 18.2 Å². The van der Waals surface area contributed by atoms with Crippen molar-refractivity contribution < 1.29 is 9.53 Å². The summed E-state index contributed by atoms with van der Waals surface area (Å²) in [6, 6.07) is 11.3. The molecule has 1 aromatic heterocycles. The first-order chi connectivity index (χ1) is 10.1. The van der Waals surface area contributed by atoms with Crippen molar-refractivity contribution in [2.45, 2.75) is 13.0 Å². The van der Waals surface area contributed by atoms with Crippen molar-refractivity contribution in [2.24, 2.45) is 0 Å². The van der Waals surface area contributed by atoms with E-state index in [0.29, 0.717) is 19.0 Å². The fourth-order valence-electron chi connectivity index (χ4n) is 1.86. The summed E-state index contributed by atoms with van der Waals surface area (Å²) in [7, 11) is 1.78. The second-order valence-electron chi connectivity index (χ2n) is 4.77. The van der Waals surface area contributed by atoms with E-state index in [-0.39, 0.29) is 12.5 Å². The van der Waals surface area contributed by atoms with Crippen LogP contribution in [0.25, 0.3) is 0 Å². The van der Waals surface area contributed by atoms with Crippen LogP contribution in [-0.2, 0) is 11.3 Å². The average Bonchev–Trinajstić information content (AvgIpc) is 2.89. The van der Waals surface area contributed by atoms with Crippen molar-refractivity contribution in [3.63, 3.8) is 0 Å². The van der Waals surface area contributed by atoms with Gasteiger partial charge in [0.1, 0.15) is 18.1 Å². The number of hydrogen-bond acceptors (Lipinski definition) is 4. The molecule has 6 heteroatoms. The van der Waals surface area contributed by atoms with Crippen LogP contribution in [0.2, 0.25) is 0 Å². The van der Waals surface area contributed by atoms with Gasteiger partial charge < -0.3 is 15.4 Å². The Morgan fingerprint density at radius 2 is 2.10 bits per heavy atom. The van der Waals surface area contributed by atoms with Gasteiger partial charge >= 0.3 is 0 Å². The maximum absolute atomic E-state index is 12.0. The largest absolute Gasteiger partial charge is 0.494 e. The fraction of sp³-hybridized carbons (Fsp3) is 0.333. The summed E-state index contributed by atoms with van der Waals surface area (Å²) in [5.41, 5.74) is 5.51. The van der Waals surface area contributed by atoms with Gasteiger partial charge in [0.05, 0.1) is 6.61 Å². The first-order valence-corrected chi connectivity index (χ1v) is 6.86. The molecule has 0 saturated carbocycles. The third-order valence-corrected chi connectivity index (χ3v) is 3.03. The van der Waals surface area contributed by atoms with E-state index >= 15 is 0 Å². The molecule has 1 amide bonds. The number of likely N-dealkylation sites (N-methyl/N-ethyl adjacent to an activating group) is 1. The molecule has 0 saturated heterocycles. The molecule has 0 aliphatic carbocycles. The number of anilines is 1. The van der Waals surface area contributed by atoms with E-state index in [1.165, 1.54) is 4.68 Å². The SMILES string of the molecule is CN(CCCOc1ccccc1)C(=O)Cn1ccc(N)n1. The molecule has 112 valence electrons. The van der Waals surface area contributed by atoms with Crippen LogP contribution in [0.4, 0.5) is 5.82 Å². The van der Waals surface area contributed by atoms with Crippen molar-refractivity contribution in [1.82, 2.24) is 14.7 Å². The minimum atomic E-state index is -0.00203. The second-order valence-corrected chi connectivity index (χ2v) is 4.77. The van der Waals surface area contributed by atoms with Crippen LogP contribution in [0, 0.1) is 0 Å². The lowest BCUT2D eigenvalue weighted by Crippen LogP contribution is -2.31. The van der Waals surface area contributed by atoms with Gasteiger partial charge in [-0.15, -0.1) is 0 Å². The number of ether oxygens (including phenoxy) is 1. The molecule has 2 rings (SSSR count). The molecule has 0 atom stereocenters. The Labute approximate surface area is 124 Å². The summed E-state index contributed by atoms with van der Waals surface area (Å²) in [5, 5.41) is 3.99. The number of amides is 1. The molecule has 0 bridgehead atoms. The topological polar surface area (TPSA) is 73.4 Å². The van der Waals surface area contributed by atoms with Crippen molar-refractivity contribution in [3.8, 4) is 5.75 Å². The summed E-state index contributed by atoms with van der Waals surface area (Å²) in [4.78, 5) is 13.6. The molecule has 0 unspecified atom stereocenters. The Kier molecular flexibility index (Phi) is 5.20. The number of nitrogens with zero attached hydrogens (tertiary/aromatic N) is 3. The molecule has 1 heterocycles. The van der Waals surface area contributed by atoms with Crippen LogP contribution in [0.1, 0.15) is 6.42 Å². The van der Waals surface area contributed by atoms with Gasteiger partial charge in [-0.3, -0.25) is 9.48 Å². The quantitative estimate of drug-likeness (QED) is 0.781. The van der Waals surface area contributed by atoms with E-state index in [1.54, 1.807) is 24.2 Å². The number of nitrogen functional groups attached to an aromatic ring is 1. The van der Waals surface area contributed by atoms with E-state index in [9.17, 15) is 4.79 Å². The monoisotopic (exact) mass is 288 g/mol. The van der Waals surface area contributed by atoms with Crippen LogP contribution in [0.15, 0.2) is 42.6 Å². The molecule has 2 aromatic rings. The van der Waals surface area contributed by atoms with Crippen LogP contribution in [-0.4, -0.2) is 40.8 Å². The highest BCUT2D eigenvalue weighted by Crippen LogP contribution is 2.08. The normalized spacial score (nSPS) is 10.3. The Morgan fingerprint density at radius 3 is 2.76 bits per heavy atom. The first kappa shape index (κ1) is 14.9. The van der Waals surface area contributed by atoms with Gasteiger partial charge in [0, 0.05) is 19.8 Å². The van der Waals surface area contributed by atoms with Crippen LogP contribution in [0.5, 0.6) is 5.75 Å². The highest BCUT2D eigenvalue weighted by atomic mass is 16.5. The predicted octanol–water partition coefficient (Wildman–Crippen LogP) is 1.39. The molecular formula is C15H20N4O2. The van der Waals surface area contributed by atoms with Gasteiger partial charge in [-0.2, -0.15) is 5.10 Å². The maximum Gasteiger partial charge on any atom is 0.244 e. The Hall–Kier alpha value is -2.50. The number of rotatable bonds is 7. The van der Waals surface area contributed by atoms with Crippen molar-refractivity contribution in [3.05, 3.63) is 42.6 Å². The Balaban J connectivity index is 1.67. The van der Waals surface area contributed by atoms with Gasteiger partial charge in [0.2, 0.25) is 5.91 Å². The molecule has 0 aliphatic heterocycles. The highest BCUT2D eigenvalue weighted by molar-refractivity contribution is 5.75. The van der Waals surface area contributed by atoms with E-state index in [1.807, 2.05) is 30.3 Å². The number of carbonyl (C=O) groups is 1. The number of para-hydroxylation sites is 1. The standard InChI is InChI=1S/C15H20N4O2/c1-18(15(20)12-19-10-8-14(16)17-19)9-5-11-21-13-6-3-2-4-7-13/h2-4,6-8,10H,5,9,11-12H2,1H3,(H2,16,17). The third-order valence-electron chi connectivity index (χ3n) is 3.03. The molecule has 21 heavy (non-hydrogen) atoms. The summed E-state index contributed by atoms with van der Waals surface area (Å²) < 4.78 is 7.12. The van der Waals surface area contributed by atoms with E-state index in [0.717, 1.165) is 12.2 Å². The molecule has 2 N–H and O–H groups in total. The van der Waals surface area contributed by atoms with Gasteiger partial charge in [-0.05, 0) is 24.6 Å². The zero-order chi connectivity index (χ0) is 15.1. The lowest BCUT2D eigenvalue weighted by molar-refractivity contribution is -0.130. The number of hydrogen-bond donors (Lipinski definition) is 1. The van der Waals surface area contributed by atoms with Gasteiger partial charge in [0.25, 0.3) is 0 Å². The van der Waals surface area contributed by atoms with Gasteiger partial charge in [0.15, 0.2) is 0 Å². The fourth-order valence-corrected chi connectivity index (χ4v) is 1.86. The summed E-state index contributed by atoms with van der Waals surface area (Å²) in [5.74, 6) is 1.26. The lowest BCUT2D eigenvalue weighted by atomic mass is 10.3. The Bertz CT molecular complexity index is 568. The molecule has 0 spiro atoms. The minimum Gasteiger partial charge on any atom is -0.494 e. The number of carbonyl (C=O) groups excluding carboxylic acids is 1. The second kappa shape index (κ2) is 7.33. The molecule has 6 nitrogen and oxygen atoms in total. The van der Waals surface area contributed by atoms with E-state index in [2.05, 4.69) is 5.10 Å². The third kappa shape index (κ3) is 4.83. The first-order valence-electron chi connectivity index (χ1n) is 6.86. The number of aromatic nitrogens is 2. The molecule has 0 fully saturated rings. The van der Waals surface area contributed by atoms with E-state index < -0.39 is 0 Å². The lowest BCUT2D eigenvalue weighted by Gasteiger charge is -2.17. The van der Waals surface area contributed by atoms with Crippen molar-refractivity contribution in [1.29, 1.82) is 0 Å². The van der Waals surface area contributed by atoms with Crippen LogP contribution in [0.3, 0.4) is 0 Å². The predicted molar refractivity (Wildman–Crippen MR) is 80.8 cm³/mol. The Morgan fingerprint density at radius 1 is 1.33 bits per heavy atom. The average molecular weight is 288 g/mol. The summed E-state index contributed by atoms with van der Waals surface area (Å²) >= 11 is 0. The van der Waals surface area contributed by atoms with Crippen LogP contribution < -0.4 is 10.5 Å². The van der Waals surface area contributed by atoms with Crippen molar-refractivity contribution >= 4 is 11.7 Å². The summed E-state index contributed by atoms with van der Waals surface area (Å²) in [6.45, 7) is 1.42.